The second-order valence-electron chi connectivity index (χ2n) is 13.8. The van der Waals surface area contributed by atoms with Crippen molar-refractivity contribution in [1.82, 2.24) is 0 Å². The second kappa shape index (κ2) is 32.4. The van der Waals surface area contributed by atoms with Gasteiger partial charge in [-0.3, -0.25) is 4.79 Å². The van der Waals surface area contributed by atoms with Gasteiger partial charge in [-0.15, -0.1) is 0 Å². The number of cyclic esters (lactones) is 1. The summed E-state index contributed by atoms with van der Waals surface area (Å²) in [6, 6.07) is 0. The standard InChI is InChI=1S/C39H76O2/c1-2-3-4-5-6-7-8-9-10-11-12-13-14-15-16-17-18-19-20-21-22-23-24-25-26-27-28-29-30-31-32-33-34-35-38-36-37-39(40)41-38/h38H,2-37H2,1H3. The van der Waals surface area contributed by atoms with Gasteiger partial charge in [0, 0.05) is 6.42 Å². The van der Waals surface area contributed by atoms with Gasteiger partial charge in [0.25, 0.3) is 0 Å². The predicted molar refractivity (Wildman–Crippen MR) is 182 cm³/mol. The molecule has 0 radical (unpaired) electrons. The molecular formula is C39H76O2. The Hall–Kier alpha value is -0.530. The highest BCUT2D eigenvalue weighted by Gasteiger charge is 2.22. The molecule has 2 heteroatoms. The van der Waals surface area contributed by atoms with Gasteiger partial charge in [-0.25, -0.2) is 0 Å². The molecule has 0 N–H and O–H groups in total. The van der Waals surface area contributed by atoms with Crippen LogP contribution in [0.1, 0.15) is 238 Å². The Morgan fingerprint density at radius 3 is 0.878 bits per heavy atom. The van der Waals surface area contributed by atoms with Crippen LogP contribution in [-0.2, 0) is 9.53 Å². The molecule has 0 aliphatic carbocycles. The molecule has 1 aliphatic heterocycles. The van der Waals surface area contributed by atoms with Crippen molar-refractivity contribution in [3.05, 3.63) is 0 Å². The molecule has 1 atom stereocenters. The van der Waals surface area contributed by atoms with E-state index in [9.17, 15) is 4.79 Å². The Kier molecular flexibility index (Phi) is 30.4. The summed E-state index contributed by atoms with van der Waals surface area (Å²) in [7, 11) is 0. The third-order valence-corrected chi connectivity index (χ3v) is 9.60. The molecule has 41 heavy (non-hydrogen) atoms. The molecule has 1 saturated heterocycles. The van der Waals surface area contributed by atoms with E-state index in [0.717, 1.165) is 12.8 Å². The first-order chi connectivity index (χ1) is 20.3. The Balaban J connectivity index is 1.60. The van der Waals surface area contributed by atoms with Crippen molar-refractivity contribution in [2.24, 2.45) is 0 Å². The summed E-state index contributed by atoms with van der Waals surface area (Å²) in [5.41, 5.74) is 0. The number of hydrogen-bond donors (Lipinski definition) is 0. The maximum absolute atomic E-state index is 11.1. The molecule has 1 unspecified atom stereocenters. The highest BCUT2D eigenvalue weighted by molar-refractivity contribution is 5.71. The summed E-state index contributed by atoms with van der Waals surface area (Å²) in [6.07, 6.45) is 50.8. The third-order valence-electron chi connectivity index (χ3n) is 9.60. The minimum atomic E-state index is 0.0149. The number of carbonyl (C=O) groups excluding carboxylic acids is 1. The smallest absolute Gasteiger partial charge is 0.306 e. The molecule has 1 rings (SSSR count). The minimum absolute atomic E-state index is 0.0149. The first kappa shape index (κ1) is 38.5. The van der Waals surface area contributed by atoms with Crippen LogP contribution in [0, 0.1) is 0 Å². The molecule has 0 aromatic heterocycles. The average Bonchev–Trinajstić information content (AvgIpc) is 3.40. The molecule has 2 nitrogen and oxygen atoms in total. The van der Waals surface area contributed by atoms with E-state index in [4.69, 9.17) is 4.74 Å². The molecular weight excluding hydrogens is 500 g/mol. The van der Waals surface area contributed by atoms with E-state index in [1.165, 1.54) is 212 Å². The van der Waals surface area contributed by atoms with Gasteiger partial charge < -0.3 is 4.74 Å². The maximum atomic E-state index is 11.1. The van der Waals surface area contributed by atoms with E-state index in [1.54, 1.807) is 0 Å². The summed E-state index contributed by atoms with van der Waals surface area (Å²) < 4.78 is 5.29. The van der Waals surface area contributed by atoms with Crippen molar-refractivity contribution in [2.75, 3.05) is 0 Å². The van der Waals surface area contributed by atoms with Crippen LogP contribution >= 0.6 is 0 Å². The van der Waals surface area contributed by atoms with Gasteiger partial charge in [0.05, 0.1) is 0 Å². The summed E-state index contributed by atoms with van der Waals surface area (Å²) in [5.74, 6) is 0.0149. The number of carbonyl (C=O) groups is 1. The zero-order valence-corrected chi connectivity index (χ0v) is 28.3. The normalized spacial score (nSPS) is 15.1. The number of unbranched alkanes of at least 4 members (excludes halogenated alkanes) is 32. The lowest BCUT2D eigenvalue weighted by molar-refractivity contribution is -0.141. The quantitative estimate of drug-likeness (QED) is 0.0562. The maximum Gasteiger partial charge on any atom is 0.306 e. The summed E-state index contributed by atoms with van der Waals surface area (Å²) >= 11 is 0. The van der Waals surface area contributed by atoms with E-state index in [0.29, 0.717) is 6.42 Å². The van der Waals surface area contributed by atoms with Gasteiger partial charge in [-0.2, -0.15) is 0 Å². The van der Waals surface area contributed by atoms with E-state index < -0.39 is 0 Å². The summed E-state index contributed by atoms with van der Waals surface area (Å²) in [4.78, 5) is 11.1. The molecule has 1 heterocycles. The van der Waals surface area contributed by atoms with Crippen LogP contribution in [0.4, 0.5) is 0 Å². The van der Waals surface area contributed by atoms with Crippen molar-refractivity contribution in [1.29, 1.82) is 0 Å². The Morgan fingerprint density at radius 1 is 0.415 bits per heavy atom. The molecule has 1 aliphatic rings. The first-order valence-electron chi connectivity index (χ1n) is 19.5. The van der Waals surface area contributed by atoms with Gasteiger partial charge in [0.1, 0.15) is 6.10 Å². The average molecular weight is 577 g/mol. The SMILES string of the molecule is CCCCCCCCCCCCCCCCCCCCCCCCCCCCCCCCCCCC1CCC(=O)O1. The van der Waals surface area contributed by atoms with Gasteiger partial charge in [-0.1, -0.05) is 212 Å². The van der Waals surface area contributed by atoms with Crippen LogP contribution in [0.2, 0.25) is 0 Å². The van der Waals surface area contributed by atoms with Gasteiger partial charge in [0.2, 0.25) is 0 Å². The molecule has 0 spiro atoms. The molecule has 0 bridgehead atoms. The topological polar surface area (TPSA) is 26.3 Å². The molecule has 244 valence electrons. The van der Waals surface area contributed by atoms with Gasteiger partial charge >= 0.3 is 5.97 Å². The summed E-state index contributed by atoms with van der Waals surface area (Å²) in [5, 5.41) is 0. The zero-order valence-electron chi connectivity index (χ0n) is 28.3. The number of ether oxygens (including phenoxy) is 1. The van der Waals surface area contributed by atoms with Crippen LogP contribution in [0.5, 0.6) is 0 Å². The van der Waals surface area contributed by atoms with E-state index in [1.807, 2.05) is 0 Å². The largest absolute Gasteiger partial charge is 0.462 e. The lowest BCUT2D eigenvalue weighted by Gasteiger charge is -2.08. The monoisotopic (exact) mass is 577 g/mol. The van der Waals surface area contributed by atoms with Crippen LogP contribution in [0.3, 0.4) is 0 Å². The zero-order chi connectivity index (χ0) is 29.3. The molecule has 0 aromatic carbocycles. The number of hydrogen-bond acceptors (Lipinski definition) is 2. The lowest BCUT2D eigenvalue weighted by Crippen LogP contribution is -2.06. The minimum Gasteiger partial charge on any atom is -0.462 e. The van der Waals surface area contributed by atoms with Crippen LogP contribution in [0.25, 0.3) is 0 Å². The Labute approximate surface area is 259 Å². The van der Waals surface area contributed by atoms with Gasteiger partial charge in [0.15, 0.2) is 0 Å². The predicted octanol–water partition coefficient (Wildman–Crippen LogP) is 14.0. The Bertz CT molecular complexity index is 516. The van der Waals surface area contributed by atoms with Crippen molar-refractivity contribution in [3.8, 4) is 0 Å². The number of rotatable bonds is 34. The molecule has 1 fully saturated rings. The van der Waals surface area contributed by atoms with Crippen molar-refractivity contribution < 1.29 is 9.53 Å². The van der Waals surface area contributed by atoms with Crippen molar-refractivity contribution >= 4 is 5.97 Å². The fraction of sp³-hybridized carbons (Fsp3) is 0.974. The number of esters is 1. The van der Waals surface area contributed by atoms with Crippen molar-refractivity contribution in [2.45, 2.75) is 244 Å². The molecule has 0 aromatic rings. The lowest BCUT2D eigenvalue weighted by atomic mass is 10.0. The second-order valence-corrected chi connectivity index (χ2v) is 13.8. The van der Waals surface area contributed by atoms with Crippen LogP contribution < -0.4 is 0 Å². The van der Waals surface area contributed by atoms with E-state index in [-0.39, 0.29) is 12.1 Å². The van der Waals surface area contributed by atoms with Crippen LogP contribution in [0.15, 0.2) is 0 Å². The Morgan fingerprint density at radius 2 is 0.659 bits per heavy atom. The van der Waals surface area contributed by atoms with Gasteiger partial charge in [-0.05, 0) is 19.3 Å². The first-order valence-corrected chi connectivity index (χ1v) is 19.5. The van der Waals surface area contributed by atoms with E-state index >= 15 is 0 Å². The van der Waals surface area contributed by atoms with Crippen molar-refractivity contribution in [3.63, 3.8) is 0 Å². The fourth-order valence-electron chi connectivity index (χ4n) is 6.71. The summed E-state index contributed by atoms with van der Waals surface area (Å²) in [6.45, 7) is 2.31. The fourth-order valence-corrected chi connectivity index (χ4v) is 6.71. The van der Waals surface area contributed by atoms with Crippen LogP contribution in [-0.4, -0.2) is 12.1 Å². The highest BCUT2D eigenvalue weighted by Crippen LogP contribution is 2.21. The molecule has 0 amide bonds. The highest BCUT2D eigenvalue weighted by atomic mass is 16.5. The third kappa shape index (κ3) is 29.3. The van der Waals surface area contributed by atoms with E-state index in [2.05, 4.69) is 6.92 Å². The molecule has 0 saturated carbocycles.